The molecule has 3 rings (SSSR count). The Hall–Kier alpha value is -2.76. The predicted octanol–water partition coefficient (Wildman–Crippen LogP) is 5.66. The van der Waals surface area contributed by atoms with Crippen LogP contribution in [0.5, 0.6) is 5.75 Å². The molecule has 0 radical (unpaired) electrons. The van der Waals surface area contributed by atoms with E-state index in [4.69, 9.17) is 32.7 Å². The van der Waals surface area contributed by atoms with Crippen LogP contribution in [-0.2, 0) is 14.3 Å². The van der Waals surface area contributed by atoms with Gasteiger partial charge >= 0.3 is 5.97 Å². The van der Waals surface area contributed by atoms with Gasteiger partial charge in [0.05, 0.1) is 34.4 Å². The third-order valence-electron chi connectivity index (χ3n) is 4.54. The van der Waals surface area contributed by atoms with E-state index in [1.165, 1.54) is 4.90 Å². The molecule has 0 aromatic heterocycles. The molecule has 2 aromatic carbocycles. The lowest BCUT2D eigenvalue weighted by Crippen LogP contribution is -2.24. The summed E-state index contributed by atoms with van der Waals surface area (Å²) in [6, 6.07) is 12.1. The average molecular weight is 446 g/mol. The normalized spacial score (nSPS) is 15.2. The molecule has 0 atom stereocenters. The van der Waals surface area contributed by atoms with Gasteiger partial charge in [0.2, 0.25) is 0 Å². The number of allylic oxidation sites excluding steroid dienone is 1. The van der Waals surface area contributed by atoms with E-state index in [0.29, 0.717) is 39.3 Å². The van der Waals surface area contributed by atoms with Crippen molar-refractivity contribution < 1.29 is 19.1 Å². The molecule has 0 aliphatic carbocycles. The second kappa shape index (κ2) is 9.37. The summed E-state index contributed by atoms with van der Waals surface area (Å²) in [6.45, 7) is 6.08. The third kappa shape index (κ3) is 4.37. The van der Waals surface area contributed by atoms with Crippen molar-refractivity contribution in [2.24, 2.45) is 0 Å². The molecule has 30 heavy (non-hydrogen) atoms. The van der Waals surface area contributed by atoms with Gasteiger partial charge in [-0.2, -0.15) is 0 Å². The van der Waals surface area contributed by atoms with Crippen LogP contribution in [0.15, 0.2) is 59.3 Å². The molecule has 0 fully saturated rings. The Morgan fingerprint density at radius 2 is 1.73 bits per heavy atom. The number of benzene rings is 2. The van der Waals surface area contributed by atoms with Crippen molar-refractivity contribution in [3.8, 4) is 5.75 Å². The molecule has 1 amide bonds. The van der Waals surface area contributed by atoms with E-state index in [-0.39, 0.29) is 23.7 Å². The Morgan fingerprint density at radius 1 is 1.03 bits per heavy atom. The van der Waals surface area contributed by atoms with Crippen LogP contribution in [0.3, 0.4) is 0 Å². The van der Waals surface area contributed by atoms with Crippen molar-refractivity contribution in [2.45, 2.75) is 20.8 Å². The molecule has 7 heteroatoms. The molecular weight excluding hydrogens is 425 g/mol. The number of carbonyl (C=O) groups is 2. The van der Waals surface area contributed by atoms with Crippen LogP contribution in [-0.4, -0.2) is 25.1 Å². The number of amides is 1. The minimum Gasteiger partial charge on any atom is -0.494 e. The van der Waals surface area contributed by atoms with Crippen molar-refractivity contribution in [1.82, 2.24) is 0 Å². The lowest BCUT2D eigenvalue weighted by Gasteiger charge is -2.18. The van der Waals surface area contributed by atoms with Crippen molar-refractivity contribution in [3.05, 3.63) is 74.9 Å². The number of rotatable bonds is 6. The van der Waals surface area contributed by atoms with Gasteiger partial charge in [-0.1, -0.05) is 29.3 Å². The quantitative estimate of drug-likeness (QED) is 0.425. The maximum Gasteiger partial charge on any atom is 0.340 e. The molecule has 2 aromatic rings. The van der Waals surface area contributed by atoms with Crippen LogP contribution in [0, 0.1) is 0 Å². The summed E-state index contributed by atoms with van der Waals surface area (Å²) in [7, 11) is 0. The summed E-state index contributed by atoms with van der Waals surface area (Å²) >= 11 is 12.1. The van der Waals surface area contributed by atoms with Gasteiger partial charge in [0, 0.05) is 11.4 Å². The minimum absolute atomic E-state index is 0.201. The number of esters is 1. The van der Waals surface area contributed by atoms with Crippen molar-refractivity contribution in [3.63, 3.8) is 0 Å². The summed E-state index contributed by atoms with van der Waals surface area (Å²) < 4.78 is 10.7. The highest BCUT2D eigenvalue weighted by Gasteiger charge is 2.38. The van der Waals surface area contributed by atoms with Gasteiger partial charge in [-0.15, -0.1) is 0 Å². The van der Waals surface area contributed by atoms with Crippen LogP contribution in [0.4, 0.5) is 5.69 Å². The monoisotopic (exact) mass is 445 g/mol. The van der Waals surface area contributed by atoms with Crippen molar-refractivity contribution in [2.75, 3.05) is 18.1 Å². The standard InChI is InChI=1S/C23H21Cl2NO4/c1-4-29-17-9-7-16(8-10-17)26-14(3)21(23(28)30-5-2)18(22(26)27)12-15-6-11-19(24)20(25)13-15/h6-13H,4-5H2,1-3H3. The lowest BCUT2D eigenvalue weighted by molar-refractivity contribution is -0.138. The molecule has 0 spiro atoms. The number of nitrogens with zero attached hydrogens (tertiary/aromatic N) is 1. The number of carbonyl (C=O) groups excluding carboxylic acids is 2. The zero-order chi connectivity index (χ0) is 21.8. The van der Waals surface area contributed by atoms with Crippen LogP contribution in [0.2, 0.25) is 10.0 Å². The van der Waals surface area contributed by atoms with Crippen molar-refractivity contribution >= 4 is 46.8 Å². The fourth-order valence-corrected chi connectivity index (χ4v) is 3.53. The van der Waals surface area contributed by atoms with E-state index in [2.05, 4.69) is 0 Å². The van der Waals surface area contributed by atoms with Crippen LogP contribution in [0.25, 0.3) is 6.08 Å². The summed E-state index contributed by atoms with van der Waals surface area (Å²) in [4.78, 5) is 27.5. The molecule has 0 bridgehead atoms. The Kier molecular flexibility index (Phi) is 6.85. The number of ether oxygens (including phenoxy) is 2. The second-order valence-electron chi connectivity index (χ2n) is 6.48. The van der Waals surface area contributed by atoms with E-state index >= 15 is 0 Å². The fourth-order valence-electron chi connectivity index (χ4n) is 3.22. The van der Waals surface area contributed by atoms with E-state index < -0.39 is 5.97 Å². The van der Waals surface area contributed by atoms with Gasteiger partial charge in [-0.3, -0.25) is 9.69 Å². The van der Waals surface area contributed by atoms with E-state index in [1.807, 2.05) is 6.92 Å². The second-order valence-corrected chi connectivity index (χ2v) is 7.29. The largest absolute Gasteiger partial charge is 0.494 e. The molecule has 156 valence electrons. The number of halogens is 2. The number of anilines is 1. The van der Waals surface area contributed by atoms with Gasteiger partial charge in [0.25, 0.3) is 5.91 Å². The van der Waals surface area contributed by atoms with Gasteiger partial charge < -0.3 is 9.47 Å². The lowest BCUT2D eigenvalue weighted by atomic mass is 10.0. The first kappa shape index (κ1) is 21.9. The van der Waals surface area contributed by atoms with Gasteiger partial charge in [-0.05, 0) is 68.8 Å². The summed E-state index contributed by atoms with van der Waals surface area (Å²) in [5, 5.41) is 0.767. The molecule has 0 saturated carbocycles. The van der Waals surface area contributed by atoms with Crippen LogP contribution >= 0.6 is 23.2 Å². The zero-order valence-corrected chi connectivity index (χ0v) is 18.4. The maximum absolute atomic E-state index is 13.3. The topological polar surface area (TPSA) is 55.8 Å². The predicted molar refractivity (Wildman–Crippen MR) is 119 cm³/mol. The van der Waals surface area contributed by atoms with Gasteiger partial charge in [-0.25, -0.2) is 4.79 Å². The highest BCUT2D eigenvalue weighted by atomic mass is 35.5. The molecule has 0 unspecified atom stereocenters. The molecule has 1 aliphatic heterocycles. The Labute approximate surface area is 185 Å². The highest BCUT2D eigenvalue weighted by Crippen LogP contribution is 2.36. The summed E-state index contributed by atoms with van der Waals surface area (Å²) in [5.41, 5.74) is 2.23. The summed E-state index contributed by atoms with van der Waals surface area (Å²) in [6.07, 6.45) is 1.62. The SMILES string of the molecule is CCOC(=O)C1=C(C)N(c2ccc(OCC)cc2)C(=O)C1=Cc1ccc(Cl)c(Cl)c1. The van der Waals surface area contributed by atoms with Gasteiger partial charge in [0.1, 0.15) is 5.75 Å². The van der Waals surface area contributed by atoms with Crippen molar-refractivity contribution in [1.29, 1.82) is 0 Å². The maximum atomic E-state index is 13.3. The molecule has 1 aliphatic rings. The third-order valence-corrected chi connectivity index (χ3v) is 5.28. The summed E-state index contributed by atoms with van der Waals surface area (Å²) in [5.74, 6) is -0.180. The number of hydrogen-bond acceptors (Lipinski definition) is 4. The average Bonchev–Trinajstić information content (AvgIpc) is 2.96. The molecule has 0 N–H and O–H groups in total. The molecule has 1 heterocycles. The van der Waals surface area contributed by atoms with Crippen LogP contribution < -0.4 is 9.64 Å². The van der Waals surface area contributed by atoms with E-state index in [1.54, 1.807) is 62.4 Å². The highest BCUT2D eigenvalue weighted by molar-refractivity contribution is 6.42. The first-order valence-corrected chi connectivity index (χ1v) is 10.2. The van der Waals surface area contributed by atoms with Gasteiger partial charge in [0.15, 0.2) is 0 Å². The zero-order valence-electron chi connectivity index (χ0n) is 16.9. The Bertz CT molecular complexity index is 1040. The fraction of sp³-hybridized carbons (Fsp3) is 0.217. The molecule has 0 saturated heterocycles. The smallest absolute Gasteiger partial charge is 0.340 e. The van der Waals surface area contributed by atoms with Crippen LogP contribution in [0.1, 0.15) is 26.3 Å². The first-order valence-electron chi connectivity index (χ1n) is 9.49. The van der Waals surface area contributed by atoms with E-state index in [9.17, 15) is 9.59 Å². The minimum atomic E-state index is -0.553. The molecule has 5 nitrogen and oxygen atoms in total. The van der Waals surface area contributed by atoms with E-state index in [0.717, 1.165) is 0 Å². The number of hydrogen-bond donors (Lipinski definition) is 0. The first-order chi connectivity index (χ1) is 14.4. The Balaban J connectivity index is 2.08. The Morgan fingerprint density at radius 3 is 2.33 bits per heavy atom. The molecular formula is C23H21Cl2NO4.